The summed E-state index contributed by atoms with van der Waals surface area (Å²) >= 11 is 1.27. The van der Waals surface area contributed by atoms with Crippen LogP contribution in [0.1, 0.15) is 10.6 Å². The van der Waals surface area contributed by atoms with E-state index in [4.69, 9.17) is 4.74 Å². The largest absolute Gasteiger partial charge is 0.484 e. The van der Waals surface area contributed by atoms with Gasteiger partial charge in [0, 0.05) is 7.05 Å². The van der Waals surface area contributed by atoms with Gasteiger partial charge in [-0.3, -0.25) is 4.79 Å². The molecule has 0 aliphatic rings. The van der Waals surface area contributed by atoms with E-state index in [-0.39, 0.29) is 18.3 Å². The van der Waals surface area contributed by atoms with Gasteiger partial charge >= 0.3 is 0 Å². The zero-order valence-corrected chi connectivity index (χ0v) is 12.0. The summed E-state index contributed by atoms with van der Waals surface area (Å²) in [6.07, 6.45) is 0. The standard InChI is InChI=1S/C13H14FN3O2S/c1-9-12(20-16-15-9)7-17(2)13(18)8-19-11-5-3-10(14)4-6-11/h3-6H,7-8H2,1-2H3. The Morgan fingerprint density at radius 2 is 2.10 bits per heavy atom. The summed E-state index contributed by atoms with van der Waals surface area (Å²) in [4.78, 5) is 14.4. The highest BCUT2D eigenvalue weighted by atomic mass is 32.1. The minimum atomic E-state index is -0.339. The van der Waals surface area contributed by atoms with E-state index >= 15 is 0 Å². The van der Waals surface area contributed by atoms with E-state index in [0.29, 0.717) is 12.3 Å². The van der Waals surface area contributed by atoms with E-state index in [1.54, 1.807) is 11.9 Å². The van der Waals surface area contributed by atoms with Crippen LogP contribution >= 0.6 is 11.5 Å². The second-order valence-electron chi connectivity index (χ2n) is 4.27. The van der Waals surface area contributed by atoms with Gasteiger partial charge in [0.2, 0.25) is 0 Å². The lowest BCUT2D eigenvalue weighted by atomic mass is 10.3. The molecular formula is C13H14FN3O2S. The predicted octanol–water partition coefficient (Wildman–Crippen LogP) is 2.02. The van der Waals surface area contributed by atoms with E-state index in [2.05, 4.69) is 9.59 Å². The molecular weight excluding hydrogens is 281 g/mol. The van der Waals surface area contributed by atoms with Crippen LogP contribution in [0.15, 0.2) is 24.3 Å². The molecule has 1 amide bonds. The van der Waals surface area contributed by atoms with E-state index in [1.807, 2.05) is 6.92 Å². The maximum absolute atomic E-state index is 12.7. The number of aromatic nitrogens is 2. The number of amides is 1. The van der Waals surface area contributed by atoms with Gasteiger partial charge in [-0.25, -0.2) is 4.39 Å². The third-order valence-electron chi connectivity index (χ3n) is 2.73. The summed E-state index contributed by atoms with van der Waals surface area (Å²) in [5.41, 5.74) is 0.828. The van der Waals surface area contributed by atoms with Crippen molar-refractivity contribution < 1.29 is 13.9 Å². The normalized spacial score (nSPS) is 10.3. The SMILES string of the molecule is Cc1nnsc1CN(C)C(=O)COc1ccc(F)cc1. The molecule has 0 radical (unpaired) electrons. The molecule has 1 aromatic heterocycles. The van der Waals surface area contributed by atoms with Crippen molar-refractivity contribution in [1.82, 2.24) is 14.5 Å². The number of rotatable bonds is 5. The fourth-order valence-electron chi connectivity index (χ4n) is 1.49. The van der Waals surface area contributed by atoms with Crippen molar-refractivity contribution in [3.63, 3.8) is 0 Å². The Balaban J connectivity index is 1.85. The lowest BCUT2D eigenvalue weighted by molar-refractivity contribution is -0.132. The zero-order chi connectivity index (χ0) is 14.5. The van der Waals surface area contributed by atoms with Crippen LogP contribution in [0.4, 0.5) is 4.39 Å². The molecule has 0 N–H and O–H groups in total. The maximum Gasteiger partial charge on any atom is 0.260 e. The van der Waals surface area contributed by atoms with E-state index in [9.17, 15) is 9.18 Å². The minimum Gasteiger partial charge on any atom is -0.484 e. The first-order valence-electron chi connectivity index (χ1n) is 5.96. The van der Waals surface area contributed by atoms with Gasteiger partial charge in [-0.15, -0.1) is 5.10 Å². The molecule has 0 aliphatic heterocycles. The molecule has 0 fully saturated rings. The molecule has 5 nitrogen and oxygen atoms in total. The van der Waals surface area contributed by atoms with E-state index in [1.165, 1.54) is 35.8 Å². The van der Waals surface area contributed by atoms with Crippen molar-refractivity contribution >= 4 is 17.4 Å². The molecule has 1 heterocycles. The summed E-state index contributed by atoms with van der Waals surface area (Å²) in [5.74, 6) is -0.0418. The summed E-state index contributed by atoms with van der Waals surface area (Å²) in [7, 11) is 1.69. The molecule has 20 heavy (non-hydrogen) atoms. The number of benzene rings is 1. The number of nitrogens with zero attached hydrogens (tertiary/aromatic N) is 3. The van der Waals surface area contributed by atoms with Gasteiger partial charge in [-0.05, 0) is 42.7 Å². The lowest BCUT2D eigenvalue weighted by Gasteiger charge is -2.16. The summed E-state index contributed by atoms with van der Waals surface area (Å²) in [6.45, 7) is 2.22. The van der Waals surface area contributed by atoms with Crippen molar-refractivity contribution in [1.29, 1.82) is 0 Å². The van der Waals surface area contributed by atoms with Crippen molar-refractivity contribution in [2.24, 2.45) is 0 Å². The summed E-state index contributed by atoms with van der Waals surface area (Å²) < 4.78 is 21.9. The van der Waals surface area contributed by atoms with Crippen LogP contribution in [0.3, 0.4) is 0 Å². The number of hydrogen-bond donors (Lipinski definition) is 0. The number of halogens is 1. The van der Waals surface area contributed by atoms with Crippen LogP contribution in [-0.4, -0.2) is 34.0 Å². The van der Waals surface area contributed by atoms with Crippen molar-refractivity contribution in [3.05, 3.63) is 40.7 Å². The monoisotopic (exact) mass is 295 g/mol. The molecule has 0 bridgehead atoms. The fraction of sp³-hybridized carbons (Fsp3) is 0.308. The Morgan fingerprint density at radius 1 is 1.40 bits per heavy atom. The van der Waals surface area contributed by atoms with Crippen LogP contribution in [-0.2, 0) is 11.3 Å². The number of hydrogen-bond acceptors (Lipinski definition) is 5. The van der Waals surface area contributed by atoms with E-state index in [0.717, 1.165) is 10.6 Å². The van der Waals surface area contributed by atoms with Gasteiger partial charge in [0.15, 0.2) is 6.61 Å². The molecule has 0 saturated carbocycles. The Morgan fingerprint density at radius 3 is 2.70 bits per heavy atom. The Kier molecular flexibility index (Phi) is 4.62. The summed E-state index contributed by atoms with van der Waals surface area (Å²) in [5, 5.41) is 3.89. The van der Waals surface area contributed by atoms with E-state index < -0.39 is 0 Å². The highest BCUT2D eigenvalue weighted by molar-refractivity contribution is 7.05. The molecule has 2 rings (SSSR count). The molecule has 0 saturated heterocycles. The van der Waals surface area contributed by atoms with Gasteiger partial charge in [-0.2, -0.15) is 0 Å². The Hall–Kier alpha value is -2.02. The average molecular weight is 295 g/mol. The molecule has 7 heteroatoms. The first-order valence-corrected chi connectivity index (χ1v) is 6.74. The average Bonchev–Trinajstić information content (AvgIpc) is 2.83. The van der Waals surface area contributed by atoms with Crippen molar-refractivity contribution in [2.75, 3.05) is 13.7 Å². The van der Waals surface area contributed by atoms with Crippen LogP contribution < -0.4 is 4.74 Å². The molecule has 1 aromatic carbocycles. The number of carbonyl (C=O) groups is 1. The molecule has 0 spiro atoms. The fourth-order valence-corrected chi connectivity index (χ4v) is 2.17. The zero-order valence-electron chi connectivity index (χ0n) is 11.2. The molecule has 0 unspecified atom stereocenters. The lowest BCUT2D eigenvalue weighted by Crippen LogP contribution is -2.30. The summed E-state index contributed by atoms with van der Waals surface area (Å²) in [6, 6.07) is 5.55. The number of ether oxygens (including phenoxy) is 1. The van der Waals surface area contributed by atoms with Crippen molar-refractivity contribution in [3.8, 4) is 5.75 Å². The van der Waals surface area contributed by atoms with Gasteiger partial charge in [0.1, 0.15) is 11.6 Å². The van der Waals surface area contributed by atoms with Gasteiger partial charge < -0.3 is 9.64 Å². The van der Waals surface area contributed by atoms with Crippen LogP contribution in [0.2, 0.25) is 0 Å². The quantitative estimate of drug-likeness (QED) is 0.847. The highest BCUT2D eigenvalue weighted by Crippen LogP contribution is 2.13. The second-order valence-corrected chi connectivity index (χ2v) is 5.11. The number of carbonyl (C=O) groups excluding carboxylic acids is 1. The van der Waals surface area contributed by atoms with Gasteiger partial charge in [0.25, 0.3) is 5.91 Å². The molecule has 106 valence electrons. The van der Waals surface area contributed by atoms with Crippen LogP contribution in [0, 0.1) is 12.7 Å². The first-order chi connectivity index (χ1) is 9.56. The predicted molar refractivity (Wildman–Crippen MR) is 73.0 cm³/mol. The van der Waals surface area contributed by atoms with Crippen molar-refractivity contribution in [2.45, 2.75) is 13.5 Å². The second kappa shape index (κ2) is 6.42. The number of likely N-dealkylation sites (N-methyl/N-ethyl adjacent to an activating group) is 1. The third kappa shape index (κ3) is 3.74. The van der Waals surface area contributed by atoms with Crippen LogP contribution in [0.5, 0.6) is 5.75 Å². The Bertz CT molecular complexity index is 586. The Labute approximate surface area is 120 Å². The topological polar surface area (TPSA) is 55.3 Å². The van der Waals surface area contributed by atoms with Gasteiger partial charge in [0.05, 0.1) is 17.1 Å². The highest BCUT2D eigenvalue weighted by Gasteiger charge is 2.13. The maximum atomic E-state index is 12.7. The van der Waals surface area contributed by atoms with Gasteiger partial charge in [-0.1, -0.05) is 4.49 Å². The third-order valence-corrected chi connectivity index (χ3v) is 3.54. The van der Waals surface area contributed by atoms with Crippen LogP contribution in [0.25, 0.3) is 0 Å². The molecule has 0 aliphatic carbocycles. The molecule has 0 atom stereocenters. The number of aryl methyl sites for hydroxylation is 1. The first kappa shape index (κ1) is 14.4. The smallest absolute Gasteiger partial charge is 0.260 e. The minimum absolute atomic E-state index is 0.0899. The molecule has 2 aromatic rings.